The van der Waals surface area contributed by atoms with Gasteiger partial charge in [-0.25, -0.2) is 0 Å². The van der Waals surface area contributed by atoms with Gasteiger partial charge in [0.25, 0.3) is 0 Å². The molecule has 0 spiro atoms. The van der Waals surface area contributed by atoms with Crippen LogP contribution in [0.1, 0.15) is 18.1 Å². The van der Waals surface area contributed by atoms with Crippen molar-refractivity contribution in [1.82, 2.24) is 0 Å². The summed E-state index contributed by atoms with van der Waals surface area (Å²) in [6, 6.07) is 13.4. The summed E-state index contributed by atoms with van der Waals surface area (Å²) >= 11 is 0. The van der Waals surface area contributed by atoms with Gasteiger partial charge < -0.3 is 5.11 Å². The molecule has 2 rings (SSSR count). The lowest BCUT2D eigenvalue weighted by Crippen LogP contribution is -1.84. The van der Waals surface area contributed by atoms with E-state index in [4.69, 9.17) is 6.42 Å². The first-order chi connectivity index (χ1) is 9.13. The molecule has 0 aromatic heterocycles. The second kappa shape index (κ2) is 7.08. The maximum absolute atomic E-state index is 9.70. The summed E-state index contributed by atoms with van der Waals surface area (Å²) in [5.41, 5.74) is 3.80. The topological polar surface area (TPSA) is 20.2 Å². The molecule has 0 saturated heterocycles. The van der Waals surface area contributed by atoms with Gasteiger partial charge in [0, 0.05) is 0 Å². The molecule has 0 radical (unpaired) electrons. The van der Waals surface area contributed by atoms with Gasteiger partial charge in [-0.1, -0.05) is 42.3 Å². The molecule has 0 atom stereocenters. The van der Waals surface area contributed by atoms with Crippen molar-refractivity contribution in [2.45, 2.75) is 13.8 Å². The summed E-state index contributed by atoms with van der Waals surface area (Å²) in [4.78, 5) is 0. The Morgan fingerprint density at radius 1 is 1.21 bits per heavy atom. The van der Waals surface area contributed by atoms with Crippen LogP contribution in [0.15, 0.2) is 55.1 Å². The number of rotatable bonds is 1. The van der Waals surface area contributed by atoms with E-state index in [9.17, 15) is 5.11 Å². The third-order valence-corrected chi connectivity index (χ3v) is 2.61. The number of hydrogen-bond donors (Lipinski definition) is 1. The summed E-state index contributed by atoms with van der Waals surface area (Å²) in [6.45, 7) is 7.29. The largest absolute Gasteiger partial charge is 0.507 e. The van der Waals surface area contributed by atoms with E-state index in [1.54, 1.807) is 18.2 Å². The van der Waals surface area contributed by atoms with Gasteiger partial charge in [0.15, 0.2) is 0 Å². The van der Waals surface area contributed by atoms with Crippen molar-refractivity contribution in [3.05, 3.63) is 66.2 Å². The van der Waals surface area contributed by atoms with E-state index in [1.807, 2.05) is 44.2 Å². The molecule has 0 saturated carbocycles. The fourth-order valence-corrected chi connectivity index (χ4v) is 1.72. The zero-order valence-corrected chi connectivity index (χ0v) is 11.4. The maximum atomic E-state index is 9.70. The van der Waals surface area contributed by atoms with Crippen LogP contribution in [0.4, 0.5) is 0 Å². The van der Waals surface area contributed by atoms with E-state index in [2.05, 4.69) is 12.5 Å². The average molecular weight is 250 g/mol. The first-order valence-electron chi connectivity index (χ1n) is 6.06. The van der Waals surface area contributed by atoms with Gasteiger partial charge in [-0.3, -0.25) is 0 Å². The monoisotopic (exact) mass is 250 g/mol. The Morgan fingerprint density at radius 3 is 2.37 bits per heavy atom. The molecule has 0 aliphatic rings. The van der Waals surface area contributed by atoms with Crippen molar-refractivity contribution in [3.8, 4) is 29.2 Å². The Kier molecular flexibility index (Phi) is 5.44. The lowest BCUT2D eigenvalue weighted by atomic mass is 9.99. The quantitative estimate of drug-likeness (QED) is 0.582. The fraction of sp³-hybridized carbons (Fsp3) is 0.111. The number of phenols is 1. The van der Waals surface area contributed by atoms with Gasteiger partial charge >= 0.3 is 0 Å². The molecule has 19 heavy (non-hydrogen) atoms. The number of terminal acetylenes is 1. The van der Waals surface area contributed by atoms with E-state index < -0.39 is 0 Å². The number of allylic oxidation sites excluding steroid dienone is 1. The van der Waals surface area contributed by atoms with Gasteiger partial charge in [0.2, 0.25) is 0 Å². The molecule has 1 N–H and O–H groups in total. The zero-order valence-electron chi connectivity index (χ0n) is 11.4. The van der Waals surface area contributed by atoms with Crippen LogP contribution in [0.5, 0.6) is 5.75 Å². The lowest BCUT2D eigenvalue weighted by Gasteiger charge is -2.06. The molecule has 0 bridgehead atoms. The van der Waals surface area contributed by atoms with E-state index >= 15 is 0 Å². The SMILES string of the molecule is C#Cc1ccc(-c2ccccc2C)cc1O.C=CC. The van der Waals surface area contributed by atoms with Gasteiger partial charge in [-0.05, 0) is 42.7 Å². The minimum atomic E-state index is 0.156. The summed E-state index contributed by atoms with van der Waals surface area (Å²) in [5.74, 6) is 2.59. The number of benzene rings is 2. The predicted molar refractivity (Wildman–Crippen MR) is 82.1 cm³/mol. The highest BCUT2D eigenvalue weighted by Gasteiger charge is 2.04. The molecular weight excluding hydrogens is 232 g/mol. The number of aryl methyl sites for hydroxylation is 1. The smallest absolute Gasteiger partial charge is 0.131 e. The second-order valence-electron chi connectivity index (χ2n) is 4.10. The van der Waals surface area contributed by atoms with Crippen molar-refractivity contribution in [2.75, 3.05) is 0 Å². The highest BCUT2D eigenvalue weighted by Crippen LogP contribution is 2.28. The molecule has 96 valence electrons. The van der Waals surface area contributed by atoms with Gasteiger partial charge in [-0.2, -0.15) is 0 Å². The fourth-order valence-electron chi connectivity index (χ4n) is 1.72. The van der Waals surface area contributed by atoms with Crippen LogP contribution in [0.2, 0.25) is 0 Å². The Labute approximate surface area is 115 Å². The van der Waals surface area contributed by atoms with Crippen LogP contribution in [-0.4, -0.2) is 5.11 Å². The third-order valence-electron chi connectivity index (χ3n) is 2.61. The molecule has 1 nitrogen and oxygen atoms in total. The summed E-state index contributed by atoms with van der Waals surface area (Å²) in [7, 11) is 0. The summed E-state index contributed by atoms with van der Waals surface area (Å²) in [5, 5.41) is 9.70. The maximum Gasteiger partial charge on any atom is 0.131 e. The van der Waals surface area contributed by atoms with E-state index in [-0.39, 0.29) is 5.75 Å². The van der Waals surface area contributed by atoms with Crippen molar-refractivity contribution >= 4 is 0 Å². The molecule has 0 aliphatic carbocycles. The Bertz CT molecular complexity index is 603. The van der Waals surface area contributed by atoms with Crippen LogP contribution in [0, 0.1) is 19.3 Å². The highest BCUT2D eigenvalue weighted by molar-refractivity contribution is 5.70. The molecule has 2 aromatic carbocycles. The molecule has 2 aromatic rings. The minimum Gasteiger partial charge on any atom is -0.507 e. The van der Waals surface area contributed by atoms with E-state index in [0.29, 0.717) is 5.56 Å². The summed E-state index contributed by atoms with van der Waals surface area (Å²) in [6.07, 6.45) is 7.01. The van der Waals surface area contributed by atoms with Crippen LogP contribution in [0.25, 0.3) is 11.1 Å². The Morgan fingerprint density at radius 2 is 1.84 bits per heavy atom. The average Bonchev–Trinajstić information content (AvgIpc) is 2.40. The van der Waals surface area contributed by atoms with Crippen molar-refractivity contribution < 1.29 is 5.11 Å². The number of hydrogen-bond acceptors (Lipinski definition) is 1. The molecule has 0 unspecified atom stereocenters. The van der Waals surface area contributed by atoms with Crippen molar-refractivity contribution in [1.29, 1.82) is 0 Å². The zero-order chi connectivity index (χ0) is 14.3. The van der Waals surface area contributed by atoms with Crippen LogP contribution in [-0.2, 0) is 0 Å². The lowest BCUT2D eigenvalue weighted by molar-refractivity contribution is 0.474. The van der Waals surface area contributed by atoms with Gasteiger partial charge in [0.1, 0.15) is 5.75 Å². The van der Waals surface area contributed by atoms with Crippen LogP contribution < -0.4 is 0 Å². The number of aromatic hydroxyl groups is 1. The van der Waals surface area contributed by atoms with Crippen LogP contribution in [0.3, 0.4) is 0 Å². The van der Waals surface area contributed by atoms with Gasteiger partial charge in [0.05, 0.1) is 5.56 Å². The predicted octanol–water partition coefficient (Wildman–Crippen LogP) is 4.54. The van der Waals surface area contributed by atoms with Crippen LogP contribution >= 0.6 is 0 Å². The normalized spacial score (nSPS) is 8.89. The first-order valence-corrected chi connectivity index (χ1v) is 6.06. The second-order valence-corrected chi connectivity index (χ2v) is 4.10. The standard InChI is InChI=1S/C15H12O.C3H6/c1-3-12-8-9-13(10-15(12)16)14-7-5-4-6-11(14)2;1-3-2/h1,4-10,16H,2H3;3H,1H2,2H3. The third kappa shape index (κ3) is 3.76. The molecule has 0 aliphatic heterocycles. The molecule has 0 fully saturated rings. The first kappa shape index (κ1) is 14.6. The molecule has 0 heterocycles. The minimum absolute atomic E-state index is 0.156. The molecule has 0 amide bonds. The summed E-state index contributed by atoms with van der Waals surface area (Å²) < 4.78 is 0. The molecular formula is C18H18O. The number of phenolic OH excluding ortho intramolecular Hbond substituents is 1. The van der Waals surface area contributed by atoms with Crippen molar-refractivity contribution in [2.24, 2.45) is 0 Å². The Balaban J connectivity index is 0.000000550. The van der Waals surface area contributed by atoms with E-state index in [1.165, 1.54) is 5.56 Å². The van der Waals surface area contributed by atoms with E-state index in [0.717, 1.165) is 11.1 Å². The van der Waals surface area contributed by atoms with Crippen molar-refractivity contribution in [3.63, 3.8) is 0 Å². The molecule has 1 heteroatoms. The highest BCUT2D eigenvalue weighted by atomic mass is 16.3. The van der Waals surface area contributed by atoms with Gasteiger partial charge in [-0.15, -0.1) is 13.0 Å². The Hall–Kier alpha value is -2.46.